The molecular formula is C28H17F3N2O5S. The number of rotatable bonds is 6. The Balaban J connectivity index is 1.42. The van der Waals surface area contributed by atoms with Crippen molar-refractivity contribution in [2.75, 3.05) is 4.90 Å². The van der Waals surface area contributed by atoms with E-state index in [9.17, 15) is 36.0 Å². The van der Waals surface area contributed by atoms with Crippen molar-refractivity contribution in [1.82, 2.24) is 4.72 Å². The van der Waals surface area contributed by atoms with Crippen molar-refractivity contribution in [3.05, 3.63) is 113 Å². The second kappa shape index (κ2) is 9.84. The quantitative estimate of drug-likeness (QED) is 0.216. The number of halogens is 3. The normalized spacial score (nSPS) is 13.4. The molecule has 0 saturated carbocycles. The zero-order valence-electron chi connectivity index (χ0n) is 19.8. The maximum Gasteiger partial charge on any atom is 0.299 e. The minimum Gasteiger partial charge on any atom is -0.300 e. The van der Waals surface area contributed by atoms with E-state index in [0.29, 0.717) is 0 Å². The van der Waals surface area contributed by atoms with Crippen LogP contribution in [0, 0.1) is 17.5 Å². The summed E-state index contributed by atoms with van der Waals surface area (Å²) in [5, 5.41) is 1.94. The molecule has 1 aliphatic rings. The molecule has 0 aliphatic carbocycles. The largest absolute Gasteiger partial charge is 0.300 e. The molecule has 0 spiro atoms. The maximum absolute atomic E-state index is 13.9. The van der Waals surface area contributed by atoms with E-state index in [1.54, 1.807) is 4.72 Å². The van der Waals surface area contributed by atoms with Crippen LogP contribution in [0.5, 0.6) is 0 Å². The van der Waals surface area contributed by atoms with Crippen LogP contribution in [0.25, 0.3) is 16.8 Å². The van der Waals surface area contributed by atoms with Gasteiger partial charge in [0, 0.05) is 18.2 Å². The molecule has 39 heavy (non-hydrogen) atoms. The van der Waals surface area contributed by atoms with Crippen LogP contribution in [0.15, 0.2) is 83.8 Å². The minimum absolute atomic E-state index is 0.0512. The number of Topliss-reactive ketones (excluding diaryl/α,β-unsaturated/α-hetero) is 1. The number of hydrogen-bond acceptors (Lipinski definition) is 5. The second-order valence-electron chi connectivity index (χ2n) is 8.65. The van der Waals surface area contributed by atoms with E-state index < -0.39 is 50.0 Å². The Hall–Kier alpha value is -4.77. The summed E-state index contributed by atoms with van der Waals surface area (Å²) in [5.74, 6) is -7.51. The van der Waals surface area contributed by atoms with Crippen LogP contribution >= 0.6 is 0 Å². The van der Waals surface area contributed by atoms with E-state index in [-0.39, 0.29) is 35.5 Å². The first-order chi connectivity index (χ1) is 18.5. The van der Waals surface area contributed by atoms with Crippen LogP contribution in [0.2, 0.25) is 0 Å². The number of amides is 2. The molecule has 0 radical (unpaired) electrons. The molecule has 1 heterocycles. The monoisotopic (exact) mass is 550 g/mol. The summed E-state index contributed by atoms with van der Waals surface area (Å²) in [6, 6.07) is 17.9. The SMILES string of the molecule is O=C(/C=C/c1cccc2c1N(Cc1ccc3ccccc3c1)C(=O)C2=O)NS(=O)(=O)c1cc(F)c(F)cc1F. The van der Waals surface area contributed by atoms with Gasteiger partial charge in [0.05, 0.1) is 17.8 Å². The van der Waals surface area contributed by atoms with Crippen molar-refractivity contribution in [2.45, 2.75) is 11.4 Å². The number of para-hydroxylation sites is 1. The number of nitrogens with one attached hydrogen (secondary N) is 1. The Morgan fingerprint density at radius 1 is 0.846 bits per heavy atom. The standard InChI is InChI=1S/C28H17F3N2O5S/c29-21-13-23(31)24(14-22(21)30)39(37,38)32-25(34)11-10-18-6-3-7-20-26(18)33(28(36)27(20)35)15-16-8-9-17-4-1-2-5-19(17)12-16/h1-14H,15H2,(H,32,34)/b11-10+. The van der Waals surface area contributed by atoms with Gasteiger partial charge in [-0.1, -0.05) is 48.5 Å². The van der Waals surface area contributed by atoms with Crippen LogP contribution in [-0.4, -0.2) is 26.0 Å². The molecule has 2 amide bonds. The Morgan fingerprint density at radius 2 is 1.56 bits per heavy atom. The lowest BCUT2D eigenvalue weighted by molar-refractivity contribution is -0.115. The predicted octanol–water partition coefficient (Wildman–Crippen LogP) is 4.50. The van der Waals surface area contributed by atoms with E-state index in [1.165, 1.54) is 29.2 Å². The third kappa shape index (κ3) is 4.91. The zero-order valence-corrected chi connectivity index (χ0v) is 20.6. The van der Waals surface area contributed by atoms with Crippen molar-refractivity contribution >= 4 is 50.2 Å². The first-order valence-corrected chi connectivity index (χ1v) is 12.9. The summed E-state index contributed by atoms with van der Waals surface area (Å²) in [6.45, 7) is 0.0588. The van der Waals surface area contributed by atoms with Gasteiger partial charge in [-0.15, -0.1) is 0 Å². The van der Waals surface area contributed by atoms with Gasteiger partial charge in [-0.3, -0.25) is 19.3 Å². The molecule has 0 saturated heterocycles. The van der Waals surface area contributed by atoms with Crippen LogP contribution < -0.4 is 9.62 Å². The van der Waals surface area contributed by atoms with E-state index in [1.807, 2.05) is 42.5 Å². The number of benzene rings is 4. The Kier molecular flexibility index (Phi) is 6.52. The number of nitrogens with zero attached hydrogens (tertiary/aromatic N) is 1. The zero-order chi connectivity index (χ0) is 27.9. The van der Waals surface area contributed by atoms with E-state index >= 15 is 0 Å². The molecule has 0 atom stereocenters. The van der Waals surface area contributed by atoms with Crippen molar-refractivity contribution in [1.29, 1.82) is 0 Å². The van der Waals surface area contributed by atoms with Crippen molar-refractivity contribution < 1.29 is 36.0 Å². The number of sulfonamides is 1. The molecule has 0 bridgehead atoms. The van der Waals surface area contributed by atoms with E-state index in [2.05, 4.69) is 0 Å². The van der Waals surface area contributed by atoms with E-state index in [0.717, 1.165) is 22.4 Å². The number of hydrogen-bond donors (Lipinski definition) is 1. The number of carbonyl (C=O) groups excluding carboxylic acids is 3. The summed E-state index contributed by atoms with van der Waals surface area (Å²) in [5.41, 5.74) is 1.36. The molecule has 0 aromatic heterocycles. The lowest BCUT2D eigenvalue weighted by atomic mass is 10.0. The molecule has 4 aromatic rings. The van der Waals surface area contributed by atoms with Gasteiger partial charge in [0.25, 0.3) is 27.6 Å². The fourth-order valence-corrected chi connectivity index (χ4v) is 5.30. The molecule has 11 heteroatoms. The highest BCUT2D eigenvalue weighted by Crippen LogP contribution is 2.35. The summed E-state index contributed by atoms with van der Waals surface area (Å²) >= 11 is 0. The first kappa shape index (κ1) is 25.9. The molecule has 1 N–H and O–H groups in total. The number of anilines is 1. The summed E-state index contributed by atoms with van der Waals surface area (Å²) in [6.07, 6.45) is 1.98. The highest BCUT2D eigenvalue weighted by Gasteiger charge is 2.37. The molecular weight excluding hydrogens is 533 g/mol. The summed E-state index contributed by atoms with van der Waals surface area (Å²) in [4.78, 5) is 37.9. The van der Waals surface area contributed by atoms with Gasteiger partial charge < -0.3 is 0 Å². The van der Waals surface area contributed by atoms with Gasteiger partial charge in [-0.25, -0.2) is 26.3 Å². The van der Waals surface area contributed by atoms with Crippen LogP contribution in [0.3, 0.4) is 0 Å². The van der Waals surface area contributed by atoms with Crippen LogP contribution in [0.4, 0.5) is 18.9 Å². The average Bonchev–Trinajstić information content (AvgIpc) is 3.14. The van der Waals surface area contributed by atoms with Gasteiger partial charge in [-0.2, -0.15) is 0 Å². The van der Waals surface area contributed by atoms with Gasteiger partial charge in [0.15, 0.2) is 11.6 Å². The number of fused-ring (bicyclic) bond motifs is 2. The van der Waals surface area contributed by atoms with Crippen LogP contribution in [-0.2, 0) is 26.2 Å². The van der Waals surface area contributed by atoms with Crippen LogP contribution in [0.1, 0.15) is 21.5 Å². The van der Waals surface area contributed by atoms with Crippen molar-refractivity contribution in [3.63, 3.8) is 0 Å². The average molecular weight is 551 g/mol. The molecule has 7 nitrogen and oxygen atoms in total. The number of ketones is 1. The highest BCUT2D eigenvalue weighted by molar-refractivity contribution is 7.90. The molecule has 0 unspecified atom stereocenters. The molecule has 5 rings (SSSR count). The predicted molar refractivity (Wildman–Crippen MR) is 137 cm³/mol. The van der Waals surface area contributed by atoms with Crippen molar-refractivity contribution in [3.8, 4) is 0 Å². The molecule has 4 aromatic carbocycles. The van der Waals surface area contributed by atoms with E-state index in [4.69, 9.17) is 0 Å². The Morgan fingerprint density at radius 3 is 2.33 bits per heavy atom. The van der Waals surface area contributed by atoms with Gasteiger partial charge in [0.1, 0.15) is 10.7 Å². The Labute approximate surface area is 220 Å². The fourth-order valence-electron chi connectivity index (χ4n) is 4.29. The van der Waals surface area contributed by atoms with Gasteiger partial charge >= 0.3 is 0 Å². The smallest absolute Gasteiger partial charge is 0.299 e. The van der Waals surface area contributed by atoms with Gasteiger partial charge in [-0.05, 0) is 40.1 Å². The minimum atomic E-state index is -4.88. The van der Waals surface area contributed by atoms with Gasteiger partial charge in [0.2, 0.25) is 0 Å². The fraction of sp³-hybridized carbons (Fsp3) is 0.0357. The second-order valence-corrected chi connectivity index (χ2v) is 10.3. The first-order valence-electron chi connectivity index (χ1n) is 11.4. The maximum atomic E-state index is 13.9. The highest BCUT2D eigenvalue weighted by atomic mass is 32.2. The molecule has 196 valence electrons. The molecule has 0 fully saturated rings. The Bertz CT molecular complexity index is 1840. The number of carbonyl (C=O) groups is 3. The third-order valence-electron chi connectivity index (χ3n) is 6.09. The lowest BCUT2D eigenvalue weighted by Crippen LogP contribution is -2.30. The lowest BCUT2D eigenvalue weighted by Gasteiger charge is -2.19. The molecule has 1 aliphatic heterocycles. The topological polar surface area (TPSA) is 101 Å². The summed E-state index contributed by atoms with van der Waals surface area (Å²) < 4.78 is 66.8. The summed E-state index contributed by atoms with van der Waals surface area (Å²) in [7, 11) is -4.88. The third-order valence-corrected chi connectivity index (χ3v) is 7.45. The van der Waals surface area contributed by atoms with Crippen molar-refractivity contribution in [2.24, 2.45) is 0 Å².